The van der Waals surface area contributed by atoms with Crippen molar-refractivity contribution in [3.05, 3.63) is 34.3 Å². The zero-order chi connectivity index (χ0) is 16.6. The number of nitriles is 1. The van der Waals surface area contributed by atoms with Crippen LogP contribution in [0.2, 0.25) is 0 Å². The van der Waals surface area contributed by atoms with Gasteiger partial charge in [0.25, 0.3) is 0 Å². The van der Waals surface area contributed by atoms with E-state index in [1.807, 2.05) is 24.3 Å². The molecule has 4 nitrogen and oxygen atoms in total. The second-order valence-corrected chi connectivity index (χ2v) is 6.67. The van der Waals surface area contributed by atoms with Crippen LogP contribution in [0, 0.1) is 11.3 Å². The van der Waals surface area contributed by atoms with Crippen molar-refractivity contribution in [1.82, 2.24) is 9.78 Å². The van der Waals surface area contributed by atoms with E-state index in [0.29, 0.717) is 24.1 Å². The van der Waals surface area contributed by atoms with E-state index in [-0.39, 0.29) is 24.7 Å². The van der Waals surface area contributed by atoms with Crippen LogP contribution >= 0.6 is 15.9 Å². The lowest BCUT2D eigenvalue weighted by molar-refractivity contribution is -0.0447. The van der Waals surface area contributed by atoms with Gasteiger partial charge >= 0.3 is 0 Å². The summed E-state index contributed by atoms with van der Waals surface area (Å²) in [6.45, 7) is 0. The number of nitrogen functional groups attached to an aromatic ring is 1. The monoisotopic (exact) mass is 380 g/mol. The van der Waals surface area contributed by atoms with Crippen LogP contribution in [-0.4, -0.2) is 15.7 Å². The summed E-state index contributed by atoms with van der Waals surface area (Å²) in [4.78, 5) is 0. The number of benzene rings is 1. The van der Waals surface area contributed by atoms with Crippen LogP contribution in [0.5, 0.6) is 0 Å². The molecule has 0 bridgehead atoms. The Morgan fingerprint density at radius 3 is 2.43 bits per heavy atom. The van der Waals surface area contributed by atoms with E-state index in [9.17, 15) is 14.0 Å². The number of halogens is 3. The van der Waals surface area contributed by atoms with Crippen molar-refractivity contribution in [2.24, 2.45) is 0 Å². The SMILES string of the molecule is N#Cc1c(-c2ccc(Br)cc2)nn(C2CCC(F)(F)CC2)c1N. The van der Waals surface area contributed by atoms with Crippen molar-refractivity contribution in [1.29, 1.82) is 5.26 Å². The molecule has 23 heavy (non-hydrogen) atoms. The summed E-state index contributed by atoms with van der Waals surface area (Å²) in [5, 5.41) is 13.9. The molecule has 3 rings (SSSR count). The van der Waals surface area contributed by atoms with E-state index < -0.39 is 5.92 Å². The second-order valence-electron chi connectivity index (χ2n) is 5.76. The molecule has 0 atom stereocenters. The van der Waals surface area contributed by atoms with Gasteiger partial charge in [-0.25, -0.2) is 13.5 Å². The normalized spacial score (nSPS) is 17.8. The Kier molecular flexibility index (Phi) is 4.11. The van der Waals surface area contributed by atoms with Crippen LogP contribution < -0.4 is 5.73 Å². The highest BCUT2D eigenvalue weighted by molar-refractivity contribution is 9.10. The maximum Gasteiger partial charge on any atom is 0.248 e. The summed E-state index contributed by atoms with van der Waals surface area (Å²) in [5.41, 5.74) is 7.63. The van der Waals surface area contributed by atoms with Crippen LogP contribution in [0.25, 0.3) is 11.3 Å². The van der Waals surface area contributed by atoms with Crippen LogP contribution in [0.15, 0.2) is 28.7 Å². The van der Waals surface area contributed by atoms with E-state index in [1.54, 1.807) is 4.68 Å². The Bertz CT molecular complexity index is 752. The molecule has 1 aromatic heterocycles. The van der Waals surface area contributed by atoms with E-state index >= 15 is 0 Å². The lowest BCUT2D eigenvalue weighted by Crippen LogP contribution is -2.27. The number of rotatable bonds is 2. The fourth-order valence-electron chi connectivity index (χ4n) is 2.92. The van der Waals surface area contributed by atoms with Gasteiger partial charge in [0.15, 0.2) is 0 Å². The fraction of sp³-hybridized carbons (Fsp3) is 0.375. The van der Waals surface area contributed by atoms with Crippen LogP contribution in [0.1, 0.15) is 37.3 Å². The third-order valence-corrected chi connectivity index (χ3v) is 4.74. The van der Waals surface area contributed by atoms with Gasteiger partial charge in [0, 0.05) is 22.9 Å². The van der Waals surface area contributed by atoms with E-state index in [4.69, 9.17) is 5.73 Å². The van der Waals surface area contributed by atoms with Gasteiger partial charge in [-0.05, 0) is 25.0 Å². The Balaban J connectivity index is 1.97. The van der Waals surface area contributed by atoms with Gasteiger partial charge in [-0.2, -0.15) is 10.4 Å². The van der Waals surface area contributed by atoms with Gasteiger partial charge in [0.05, 0.1) is 6.04 Å². The van der Waals surface area contributed by atoms with E-state index in [2.05, 4.69) is 27.1 Å². The molecule has 0 saturated heterocycles. The van der Waals surface area contributed by atoms with Crippen molar-refractivity contribution in [2.75, 3.05) is 5.73 Å². The van der Waals surface area contributed by atoms with Gasteiger partial charge in [0.1, 0.15) is 23.1 Å². The molecule has 1 heterocycles. The largest absolute Gasteiger partial charge is 0.383 e. The standard InChI is InChI=1S/C16H15BrF2N4/c17-11-3-1-10(2-4-11)14-13(9-20)15(21)23(22-14)12-5-7-16(18,19)8-6-12/h1-4,12H,5-8,21H2. The number of aromatic nitrogens is 2. The van der Waals surface area contributed by atoms with E-state index in [0.717, 1.165) is 10.0 Å². The number of nitrogens with two attached hydrogens (primary N) is 1. The third-order valence-electron chi connectivity index (χ3n) is 4.21. The van der Waals surface area contributed by atoms with Gasteiger partial charge in [0.2, 0.25) is 5.92 Å². The van der Waals surface area contributed by atoms with Gasteiger partial charge in [-0.1, -0.05) is 28.1 Å². The van der Waals surface area contributed by atoms with Gasteiger partial charge < -0.3 is 5.73 Å². The highest BCUT2D eigenvalue weighted by Gasteiger charge is 2.36. The molecule has 120 valence electrons. The molecular weight excluding hydrogens is 366 g/mol. The second kappa shape index (κ2) is 5.93. The zero-order valence-corrected chi connectivity index (χ0v) is 13.9. The topological polar surface area (TPSA) is 67.6 Å². The number of alkyl halides is 2. The average Bonchev–Trinajstić information content (AvgIpc) is 2.85. The molecule has 0 radical (unpaired) electrons. The highest BCUT2D eigenvalue weighted by atomic mass is 79.9. The fourth-order valence-corrected chi connectivity index (χ4v) is 3.18. The molecule has 0 aliphatic heterocycles. The predicted molar refractivity (Wildman–Crippen MR) is 86.9 cm³/mol. The molecule has 2 aromatic rings. The number of hydrogen-bond donors (Lipinski definition) is 1. The molecule has 1 aromatic carbocycles. The van der Waals surface area contributed by atoms with E-state index in [1.165, 1.54) is 0 Å². The number of hydrogen-bond acceptors (Lipinski definition) is 3. The predicted octanol–water partition coefficient (Wildman–Crippen LogP) is 4.52. The molecule has 1 aliphatic rings. The molecule has 0 spiro atoms. The summed E-state index contributed by atoms with van der Waals surface area (Å²) in [5.74, 6) is -2.36. The molecule has 7 heteroatoms. The lowest BCUT2D eigenvalue weighted by atomic mass is 9.92. The molecule has 1 aliphatic carbocycles. The van der Waals surface area contributed by atoms with Crippen LogP contribution in [0.3, 0.4) is 0 Å². The minimum absolute atomic E-state index is 0.174. The Hall–Kier alpha value is -1.94. The Labute approximate surface area is 141 Å². The van der Waals surface area contributed by atoms with Crippen molar-refractivity contribution in [2.45, 2.75) is 37.6 Å². The first-order valence-corrected chi connectivity index (χ1v) is 8.12. The number of anilines is 1. The van der Waals surface area contributed by atoms with Crippen molar-refractivity contribution in [3.8, 4) is 17.3 Å². The molecule has 1 fully saturated rings. The minimum Gasteiger partial charge on any atom is -0.383 e. The summed E-state index contributed by atoms with van der Waals surface area (Å²) in [7, 11) is 0. The molecular formula is C16H15BrF2N4. The average molecular weight is 381 g/mol. The maximum atomic E-state index is 13.3. The summed E-state index contributed by atoms with van der Waals surface area (Å²) < 4.78 is 29.1. The first kappa shape index (κ1) is 15.9. The summed E-state index contributed by atoms with van der Waals surface area (Å²) in [6.07, 6.45) is 0.270. The van der Waals surface area contributed by atoms with Gasteiger partial charge in [-0.15, -0.1) is 0 Å². The van der Waals surface area contributed by atoms with Gasteiger partial charge in [-0.3, -0.25) is 0 Å². The van der Waals surface area contributed by atoms with Crippen molar-refractivity contribution < 1.29 is 8.78 Å². The first-order chi connectivity index (χ1) is 10.9. The van der Waals surface area contributed by atoms with Crippen LogP contribution in [0.4, 0.5) is 14.6 Å². The quantitative estimate of drug-likeness (QED) is 0.832. The molecule has 0 amide bonds. The van der Waals surface area contributed by atoms with Crippen molar-refractivity contribution >= 4 is 21.7 Å². The summed E-state index contributed by atoms with van der Waals surface area (Å²) >= 11 is 3.36. The van der Waals surface area contributed by atoms with Crippen molar-refractivity contribution in [3.63, 3.8) is 0 Å². The smallest absolute Gasteiger partial charge is 0.248 e. The Morgan fingerprint density at radius 1 is 1.26 bits per heavy atom. The Morgan fingerprint density at radius 2 is 1.87 bits per heavy atom. The maximum absolute atomic E-state index is 13.3. The molecule has 1 saturated carbocycles. The first-order valence-electron chi connectivity index (χ1n) is 7.33. The highest BCUT2D eigenvalue weighted by Crippen LogP contribution is 2.40. The van der Waals surface area contributed by atoms with Crippen LogP contribution in [-0.2, 0) is 0 Å². The minimum atomic E-state index is -2.61. The third kappa shape index (κ3) is 3.08. The number of nitrogens with zero attached hydrogens (tertiary/aromatic N) is 3. The summed E-state index contributed by atoms with van der Waals surface area (Å²) in [6, 6.07) is 9.28. The molecule has 0 unspecified atom stereocenters. The zero-order valence-electron chi connectivity index (χ0n) is 12.3. The molecule has 2 N–H and O–H groups in total. The lowest BCUT2D eigenvalue weighted by Gasteiger charge is -2.28.